The van der Waals surface area contributed by atoms with Gasteiger partial charge in [0.1, 0.15) is 16.9 Å². The van der Waals surface area contributed by atoms with Crippen LogP contribution in [0.4, 0.5) is 18.9 Å². The second-order valence-electron chi connectivity index (χ2n) is 9.66. The number of alkyl halides is 3. The van der Waals surface area contributed by atoms with Crippen molar-refractivity contribution >= 4 is 38.7 Å². The molecule has 1 aliphatic heterocycles. The summed E-state index contributed by atoms with van der Waals surface area (Å²) in [6.45, 7) is 7.27. The Morgan fingerprint density at radius 1 is 1.05 bits per heavy atom. The van der Waals surface area contributed by atoms with Crippen molar-refractivity contribution < 1.29 is 31.5 Å². The molecule has 2 N–H and O–H groups in total. The third-order valence-corrected chi connectivity index (χ3v) is 9.54. The van der Waals surface area contributed by atoms with Crippen molar-refractivity contribution in [3.05, 3.63) is 87.3 Å². The van der Waals surface area contributed by atoms with Gasteiger partial charge < -0.3 is 5.11 Å². The second kappa shape index (κ2) is 10.1. The summed E-state index contributed by atoms with van der Waals surface area (Å²) in [6.07, 6.45) is -4.58. The molecule has 41 heavy (non-hydrogen) atoms. The Balaban J connectivity index is 1.54. The van der Waals surface area contributed by atoms with Gasteiger partial charge in [-0.1, -0.05) is 12.1 Å². The molecule has 2 aromatic carbocycles. The molecule has 0 radical (unpaired) electrons. The zero-order valence-electron chi connectivity index (χ0n) is 22.2. The van der Waals surface area contributed by atoms with Crippen LogP contribution in [0.3, 0.4) is 0 Å². The van der Waals surface area contributed by atoms with Gasteiger partial charge in [-0.2, -0.15) is 13.2 Å². The molecule has 2 atom stereocenters. The number of carbonyl (C=O) groups is 1. The molecule has 4 aromatic rings. The Hall–Kier alpha value is -4.04. The highest BCUT2D eigenvalue weighted by atomic mass is 32.2. The topological polar surface area (TPSA) is 127 Å². The van der Waals surface area contributed by atoms with E-state index in [9.17, 15) is 31.5 Å². The van der Waals surface area contributed by atoms with Gasteiger partial charge in [0.05, 0.1) is 22.1 Å². The molecule has 0 saturated carbocycles. The Morgan fingerprint density at radius 3 is 2.27 bits per heavy atom. The average molecular weight is 604 g/mol. The van der Waals surface area contributed by atoms with E-state index in [1.54, 1.807) is 26.0 Å². The Bertz CT molecular complexity index is 1790. The number of hydrogen-bond donors (Lipinski definition) is 2. The van der Waals surface area contributed by atoms with E-state index in [0.29, 0.717) is 35.1 Å². The summed E-state index contributed by atoms with van der Waals surface area (Å²) < 4.78 is 68.5. The number of halogens is 3. The van der Waals surface area contributed by atoms with E-state index in [4.69, 9.17) is 4.99 Å². The van der Waals surface area contributed by atoms with E-state index >= 15 is 0 Å². The van der Waals surface area contributed by atoms with Crippen molar-refractivity contribution in [3.8, 4) is 5.00 Å². The van der Waals surface area contributed by atoms with Crippen LogP contribution in [-0.2, 0) is 21.0 Å². The lowest BCUT2D eigenvalue weighted by Crippen LogP contribution is -2.21. The van der Waals surface area contributed by atoms with E-state index in [0.717, 1.165) is 33.1 Å². The lowest BCUT2D eigenvalue weighted by Gasteiger charge is -2.16. The number of benzene rings is 2. The fraction of sp³-hybridized carbons (Fsp3) is 0.259. The summed E-state index contributed by atoms with van der Waals surface area (Å²) in [7, 11) is -4.16. The van der Waals surface area contributed by atoms with Crippen LogP contribution in [0.15, 0.2) is 58.4 Å². The smallest absolute Gasteiger partial charge is 0.416 e. The first kappa shape index (κ1) is 28.5. The van der Waals surface area contributed by atoms with Gasteiger partial charge in [-0.25, -0.2) is 8.42 Å². The summed E-state index contributed by atoms with van der Waals surface area (Å²) in [6, 6.07) is 8.70. The lowest BCUT2D eigenvalue weighted by molar-refractivity contribution is -0.142. The number of carboxylic acids is 1. The summed E-state index contributed by atoms with van der Waals surface area (Å²) in [5.41, 5.74) is 2.13. The molecule has 0 amide bonds. The number of carboxylic acid groups (broad SMARTS) is 1. The normalized spacial score (nSPS) is 15.9. The fourth-order valence-electron chi connectivity index (χ4n) is 4.55. The first-order chi connectivity index (χ1) is 19.2. The van der Waals surface area contributed by atoms with Crippen LogP contribution in [0.5, 0.6) is 0 Å². The molecule has 0 fully saturated rings. The molecule has 5 rings (SSSR count). The number of aryl methyl sites for hydroxylation is 2. The maximum atomic E-state index is 12.9. The standard InChI is InChI=1S/C27H24F3N5O4S2/c1-13-15(3)40-25-21(13)23(31-22(14(2)26(36)37)24-33-32-16(4)35(24)25)17-5-9-19(10-6-17)34-41(38,39)20-11-7-18(8-12-20)27(28,29)30/h5-12,14,22,34H,1-4H3,(H,36,37)/t14-,22?/m0/s1. The molecular weight excluding hydrogens is 579 g/mol. The van der Waals surface area contributed by atoms with Crippen LogP contribution < -0.4 is 4.72 Å². The number of nitrogens with one attached hydrogen (secondary N) is 1. The number of anilines is 1. The number of hydrogen-bond acceptors (Lipinski definition) is 7. The van der Waals surface area contributed by atoms with Gasteiger partial charge >= 0.3 is 12.1 Å². The predicted molar refractivity (Wildman–Crippen MR) is 147 cm³/mol. The zero-order chi connectivity index (χ0) is 29.9. The van der Waals surface area contributed by atoms with Gasteiger partial charge in [0.15, 0.2) is 5.82 Å². The number of aromatic nitrogens is 3. The highest BCUT2D eigenvalue weighted by molar-refractivity contribution is 7.92. The van der Waals surface area contributed by atoms with E-state index in [1.165, 1.54) is 23.5 Å². The van der Waals surface area contributed by atoms with Crippen LogP contribution in [0.1, 0.15) is 51.7 Å². The van der Waals surface area contributed by atoms with Gasteiger partial charge in [0.25, 0.3) is 10.0 Å². The van der Waals surface area contributed by atoms with Crippen LogP contribution in [0, 0.1) is 26.7 Å². The minimum Gasteiger partial charge on any atom is -0.481 e. The van der Waals surface area contributed by atoms with Crippen molar-refractivity contribution in [2.75, 3.05) is 4.72 Å². The SMILES string of the molecule is Cc1sc2c(c1C)C(c1ccc(NS(=O)(=O)c3ccc(C(F)(F)F)cc3)cc1)=NC([C@H](C)C(=O)O)c1nnc(C)n1-2. The van der Waals surface area contributed by atoms with Crippen LogP contribution in [0.25, 0.3) is 5.00 Å². The molecule has 1 unspecified atom stereocenters. The number of nitrogens with zero attached hydrogens (tertiary/aromatic N) is 4. The van der Waals surface area contributed by atoms with Crippen LogP contribution >= 0.6 is 11.3 Å². The Morgan fingerprint density at radius 2 is 1.68 bits per heavy atom. The molecule has 2 aromatic heterocycles. The minimum absolute atomic E-state index is 0.185. The largest absolute Gasteiger partial charge is 0.481 e. The monoisotopic (exact) mass is 603 g/mol. The zero-order valence-corrected chi connectivity index (χ0v) is 23.8. The van der Waals surface area contributed by atoms with Gasteiger partial charge in [-0.05, 0) is 69.7 Å². The minimum atomic E-state index is -4.58. The van der Waals surface area contributed by atoms with E-state index < -0.39 is 39.7 Å². The van der Waals surface area contributed by atoms with Gasteiger partial charge in [0.2, 0.25) is 0 Å². The quantitative estimate of drug-likeness (QED) is 0.292. The Labute approximate surface area is 237 Å². The number of rotatable bonds is 6. The molecular formula is C27H24F3N5O4S2. The second-order valence-corrected chi connectivity index (χ2v) is 12.5. The van der Waals surface area contributed by atoms with Crippen LogP contribution in [-0.4, -0.2) is 40.0 Å². The first-order valence-corrected chi connectivity index (χ1v) is 14.6. The van der Waals surface area contributed by atoms with Gasteiger partial charge in [0, 0.05) is 21.7 Å². The lowest BCUT2D eigenvalue weighted by atomic mass is 9.98. The van der Waals surface area contributed by atoms with Crippen molar-refractivity contribution in [2.45, 2.75) is 44.8 Å². The predicted octanol–water partition coefficient (Wildman–Crippen LogP) is 5.69. The molecule has 0 aliphatic carbocycles. The number of aliphatic carboxylic acids is 1. The molecule has 9 nitrogen and oxygen atoms in total. The Kier molecular flexibility index (Phi) is 7.02. The van der Waals surface area contributed by atoms with Crippen LogP contribution in [0.2, 0.25) is 0 Å². The van der Waals surface area contributed by atoms with Crippen molar-refractivity contribution in [3.63, 3.8) is 0 Å². The molecule has 0 bridgehead atoms. The summed E-state index contributed by atoms with van der Waals surface area (Å²) in [5.74, 6) is -0.959. The maximum absolute atomic E-state index is 12.9. The molecule has 214 valence electrons. The summed E-state index contributed by atoms with van der Waals surface area (Å²) >= 11 is 1.52. The van der Waals surface area contributed by atoms with E-state index in [1.807, 2.05) is 18.4 Å². The average Bonchev–Trinajstić information content (AvgIpc) is 3.38. The fourth-order valence-corrected chi connectivity index (χ4v) is 6.82. The van der Waals surface area contributed by atoms with E-state index in [2.05, 4.69) is 14.9 Å². The highest BCUT2D eigenvalue weighted by Crippen LogP contribution is 2.40. The van der Waals surface area contributed by atoms with E-state index in [-0.39, 0.29) is 10.6 Å². The van der Waals surface area contributed by atoms with Crippen molar-refractivity contribution in [1.29, 1.82) is 0 Å². The number of aliphatic imine (C=N–C) groups is 1. The number of thiophene rings is 1. The summed E-state index contributed by atoms with van der Waals surface area (Å²) in [5, 5.41) is 19.1. The highest BCUT2D eigenvalue weighted by Gasteiger charge is 2.36. The van der Waals surface area contributed by atoms with Gasteiger partial charge in [-0.3, -0.25) is 19.1 Å². The molecule has 3 heterocycles. The van der Waals surface area contributed by atoms with Crippen molar-refractivity contribution in [1.82, 2.24) is 14.8 Å². The molecule has 0 spiro atoms. The van der Waals surface area contributed by atoms with Crippen molar-refractivity contribution in [2.24, 2.45) is 10.9 Å². The number of fused-ring (bicyclic) bond motifs is 3. The first-order valence-electron chi connectivity index (χ1n) is 12.3. The molecule has 0 saturated heterocycles. The third-order valence-electron chi connectivity index (χ3n) is 6.95. The van der Waals surface area contributed by atoms with Gasteiger partial charge in [-0.15, -0.1) is 21.5 Å². The molecule has 14 heteroatoms. The molecule has 1 aliphatic rings. The third kappa shape index (κ3) is 5.12. The maximum Gasteiger partial charge on any atom is 0.416 e. The summed E-state index contributed by atoms with van der Waals surface area (Å²) in [4.78, 5) is 17.6. The number of sulfonamides is 1.